The van der Waals surface area contributed by atoms with Crippen molar-refractivity contribution in [2.45, 2.75) is 42.3 Å². The molecule has 1 aromatic heterocycles. The minimum atomic E-state index is -0.150. The maximum absolute atomic E-state index is 12.5. The number of carbonyl (C=O) groups excluding carboxylic acids is 1. The number of nitrogens with zero attached hydrogens (tertiary/aromatic N) is 2. The van der Waals surface area contributed by atoms with Gasteiger partial charge in [0.1, 0.15) is 0 Å². The summed E-state index contributed by atoms with van der Waals surface area (Å²) >= 11 is 3.14. The molecule has 5 nitrogen and oxygen atoms in total. The summed E-state index contributed by atoms with van der Waals surface area (Å²) in [6.45, 7) is 4.04. The van der Waals surface area contributed by atoms with E-state index in [9.17, 15) is 9.59 Å². The number of para-hydroxylation sites is 1. The van der Waals surface area contributed by atoms with E-state index >= 15 is 0 Å². The highest BCUT2D eigenvalue weighted by molar-refractivity contribution is 7.99. The molecular weight excluding hydrogens is 354 g/mol. The van der Waals surface area contributed by atoms with Crippen LogP contribution in [0.3, 0.4) is 0 Å². The molecular formula is C18H21N3O2S2. The van der Waals surface area contributed by atoms with Gasteiger partial charge in [-0.15, -0.1) is 11.8 Å². The SMILES string of the molecule is CSc1ccccc1NC(=O)CC1CSc2nc(C(C)C)cc(=O)n21. The highest BCUT2D eigenvalue weighted by atomic mass is 32.2. The number of nitrogens with one attached hydrogen (secondary N) is 1. The predicted molar refractivity (Wildman–Crippen MR) is 104 cm³/mol. The molecule has 3 rings (SSSR count). The lowest BCUT2D eigenvalue weighted by atomic mass is 10.1. The van der Waals surface area contributed by atoms with Crippen LogP contribution >= 0.6 is 23.5 Å². The van der Waals surface area contributed by atoms with Crippen molar-refractivity contribution < 1.29 is 4.79 Å². The van der Waals surface area contributed by atoms with Crippen molar-refractivity contribution in [3.8, 4) is 0 Å². The lowest BCUT2D eigenvalue weighted by Crippen LogP contribution is -2.28. The Balaban J connectivity index is 1.76. The van der Waals surface area contributed by atoms with Crippen LogP contribution in [-0.2, 0) is 4.79 Å². The van der Waals surface area contributed by atoms with Gasteiger partial charge in [0.15, 0.2) is 5.16 Å². The number of carbonyl (C=O) groups is 1. The lowest BCUT2D eigenvalue weighted by Gasteiger charge is -2.15. The molecule has 0 saturated carbocycles. The smallest absolute Gasteiger partial charge is 0.254 e. The monoisotopic (exact) mass is 375 g/mol. The Bertz CT molecular complexity index is 848. The summed E-state index contributed by atoms with van der Waals surface area (Å²) < 4.78 is 1.66. The van der Waals surface area contributed by atoms with E-state index in [0.717, 1.165) is 21.4 Å². The zero-order valence-electron chi connectivity index (χ0n) is 14.5. The number of rotatable bonds is 5. The molecule has 7 heteroatoms. The third kappa shape index (κ3) is 3.93. The first-order chi connectivity index (χ1) is 12.0. The Kier molecular flexibility index (Phi) is 5.54. The van der Waals surface area contributed by atoms with Crippen LogP contribution in [0.4, 0.5) is 5.69 Å². The van der Waals surface area contributed by atoms with Gasteiger partial charge < -0.3 is 5.32 Å². The lowest BCUT2D eigenvalue weighted by molar-refractivity contribution is -0.116. The maximum Gasteiger partial charge on any atom is 0.254 e. The molecule has 2 heterocycles. The second-order valence-electron chi connectivity index (χ2n) is 6.24. The van der Waals surface area contributed by atoms with E-state index in [4.69, 9.17) is 0 Å². The molecule has 25 heavy (non-hydrogen) atoms. The Hall–Kier alpha value is -1.73. The van der Waals surface area contributed by atoms with E-state index in [1.807, 2.05) is 44.4 Å². The van der Waals surface area contributed by atoms with E-state index in [-0.39, 0.29) is 29.8 Å². The number of thioether (sulfide) groups is 2. The molecule has 2 aromatic rings. The fourth-order valence-electron chi connectivity index (χ4n) is 2.78. The van der Waals surface area contributed by atoms with Crippen LogP contribution in [0.2, 0.25) is 0 Å². The van der Waals surface area contributed by atoms with Crippen molar-refractivity contribution in [1.82, 2.24) is 9.55 Å². The number of anilines is 1. The standard InChI is InChI=1S/C18H21N3O2S2/c1-11(2)14-9-17(23)21-12(10-25-18(21)20-14)8-16(22)19-13-6-4-5-7-15(13)24-3/h4-7,9,11-12H,8,10H2,1-3H3,(H,19,22). The molecule has 0 spiro atoms. The molecule has 132 valence electrons. The molecule has 1 atom stereocenters. The summed E-state index contributed by atoms with van der Waals surface area (Å²) in [5, 5.41) is 3.68. The summed E-state index contributed by atoms with van der Waals surface area (Å²) in [4.78, 5) is 30.5. The third-order valence-electron chi connectivity index (χ3n) is 4.10. The van der Waals surface area contributed by atoms with Gasteiger partial charge >= 0.3 is 0 Å². The Morgan fingerprint density at radius 3 is 2.92 bits per heavy atom. The van der Waals surface area contributed by atoms with E-state index < -0.39 is 0 Å². The van der Waals surface area contributed by atoms with Gasteiger partial charge in [-0.25, -0.2) is 4.98 Å². The van der Waals surface area contributed by atoms with E-state index in [2.05, 4.69) is 10.3 Å². The number of fused-ring (bicyclic) bond motifs is 1. The second-order valence-corrected chi connectivity index (χ2v) is 8.08. The van der Waals surface area contributed by atoms with Crippen LogP contribution in [0.15, 0.2) is 45.2 Å². The Morgan fingerprint density at radius 1 is 1.44 bits per heavy atom. The van der Waals surface area contributed by atoms with Crippen molar-refractivity contribution in [2.75, 3.05) is 17.3 Å². The summed E-state index contributed by atoms with van der Waals surface area (Å²) in [5.41, 5.74) is 1.55. The number of hydrogen-bond donors (Lipinski definition) is 1. The first-order valence-corrected chi connectivity index (χ1v) is 10.4. The van der Waals surface area contributed by atoms with Crippen LogP contribution in [0.25, 0.3) is 0 Å². The van der Waals surface area contributed by atoms with Crippen molar-refractivity contribution in [3.05, 3.63) is 46.4 Å². The fraction of sp³-hybridized carbons (Fsp3) is 0.389. The van der Waals surface area contributed by atoms with Crippen LogP contribution in [-0.4, -0.2) is 27.5 Å². The normalized spacial score (nSPS) is 16.1. The average molecular weight is 376 g/mol. The van der Waals surface area contributed by atoms with Gasteiger partial charge in [0.2, 0.25) is 5.91 Å². The minimum absolute atomic E-state index is 0.0685. The molecule has 1 aliphatic rings. The number of benzene rings is 1. The fourth-order valence-corrected chi connectivity index (χ4v) is 4.49. The largest absolute Gasteiger partial charge is 0.325 e. The summed E-state index contributed by atoms with van der Waals surface area (Å²) in [7, 11) is 0. The second kappa shape index (κ2) is 7.66. The zero-order chi connectivity index (χ0) is 18.0. The van der Waals surface area contributed by atoms with Gasteiger partial charge in [0.05, 0.1) is 17.4 Å². The minimum Gasteiger partial charge on any atom is -0.325 e. The van der Waals surface area contributed by atoms with Crippen LogP contribution in [0, 0.1) is 0 Å². The number of aromatic nitrogens is 2. The molecule has 0 radical (unpaired) electrons. The first kappa shape index (κ1) is 18.1. The number of hydrogen-bond acceptors (Lipinski definition) is 5. The third-order valence-corrected chi connectivity index (χ3v) is 6.00. The molecule has 0 bridgehead atoms. The molecule has 0 fully saturated rings. The summed E-state index contributed by atoms with van der Waals surface area (Å²) in [6, 6.07) is 9.16. The van der Waals surface area contributed by atoms with Crippen molar-refractivity contribution >= 4 is 35.1 Å². The van der Waals surface area contributed by atoms with Crippen LogP contribution in [0.5, 0.6) is 0 Å². The van der Waals surface area contributed by atoms with E-state index in [1.165, 1.54) is 0 Å². The molecule has 0 saturated heterocycles. The Morgan fingerprint density at radius 2 is 2.20 bits per heavy atom. The van der Waals surface area contributed by atoms with E-state index in [0.29, 0.717) is 5.75 Å². The van der Waals surface area contributed by atoms with Gasteiger partial charge in [0, 0.05) is 23.1 Å². The van der Waals surface area contributed by atoms with Gasteiger partial charge in [-0.1, -0.05) is 37.7 Å². The summed E-state index contributed by atoms with van der Waals surface area (Å²) in [6.07, 6.45) is 2.25. The topological polar surface area (TPSA) is 64.0 Å². The molecule has 1 amide bonds. The highest BCUT2D eigenvalue weighted by Gasteiger charge is 2.28. The van der Waals surface area contributed by atoms with Crippen molar-refractivity contribution in [3.63, 3.8) is 0 Å². The molecule has 1 aromatic carbocycles. The first-order valence-electron chi connectivity index (χ1n) is 8.18. The van der Waals surface area contributed by atoms with Gasteiger partial charge in [0.25, 0.3) is 5.56 Å². The van der Waals surface area contributed by atoms with Gasteiger partial charge in [-0.2, -0.15) is 0 Å². The molecule has 1 unspecified atom stereocenters. The van der Waals surface area contributed by atoms with Crippen molar-refractivity contribution in [2.24, 2.45) is 0 Å². The zero-order valence-corrected chi connectivity index (χ0v) is 16.1. The number of amides is 1. The Labute approximate surface area is 155 Å². The molecule has 0 aliphatic carbocycles. The highest BCUT2D eigenvalue weighted by Crippen LogP contribution is 2.33. The molecule has 1 aliphatic heterocycles. The molecule has 1 N–H and O–H groups in total. The van der Waals surface area contributed by atoms with Crippen LogP contribution < -0.4 is 10.9 Å². The van der Waals surface area contributed by atoms with Crippen LogP contribution in [0.1, 0.15) is 37.9 Å². The summed E-state index contributed by atoms with van der Waals surface area (Å²) in [5.74, 6) is 0.825. The predicted octanol–water partition coefficient (Wildman–Crippen LogP) is 3.76. The van der Waals surface area contributed by atoms with Gasteiger partial charge in [-0.3, -0.25) is 14.2 Å². The van der Waals surface area contributed by atoms with E-state index in [1.54, 1.807) is 34.2 Å². The van der Waals surface area contributed by atoms with Gasteiger partial charge in [-0.05, 0) is 24.3 Å². The quantitative estimate of drug-likeness (QED) is 0.637. The van der Waals surface area contributed by atoms with Crippen molar-refractivity contribution in [1.29, 1.82) is 0 Å². The average Bonchev–Trinajstić information content (AvgIpc) is 2.98. The maximum atomic E-state index is 12.5.